The van der Waals surface area contributed by atoms with Crippen molar-refractivity contribution in [3.05, 3.63) is 69.5 Å². The molecule has 3 rings (SSSR count). The van der Waals surface area contributed by atoms with Gasteiger partial charge in [0.25, 0.3) is 5.91 Å². The first-order chi connectivity index (χ1) is 14.9. The molecule has 7 nitrogen and oxygen atoms in total. The second-order valence-electron chi connectivity index (χ2n) is 6.92. The highest BCUT2D eigenvalue weighted by atomic mass is 79.9. The van der Waals surface area contributed by atoms with Crippen LogP contribution in [0, 0.1) is 6.92 Å². The third-order valence-corrected chi connectivity index (χ3v) is 6.50. The lowest BCUT2D eigenvalue weighted by molar-refractivity contribution is -0.113. The van der Waals surface area contributed by atoms with E-state index in [1.54, 1.807) is 10.6 Å². The van der Waals surface area contributed by atoms with E-state index in [9.17, 15) is 9.59 Å². The van der Waals surface area contributed by atoms with Gasteiger partial charge in [-0.15, -0.1) is 10.2 Å². The van der Waals surface area contributed by atoms with Crippen molar-refractivity contribution in [1.29, 1.82) is 0 Å². The third-order valence-electron chi connectivity index (χ3n) is 4.79. The second-order valence-corrected chi connectivity index (χ2v) is 8.72. The maximum Gasteiger partial charge on any atom is 0.252 e. The van der Waals surface area contributed by atoms with Crippen LogP contribution in [-0.2, 0) is 24.8 Å². The molecular formula is C22H24BrN5O2S. The van der Waals surface area contributed by atoms with Crippen LogP contribution in [0.5, 0.6) is 0 Å². The first kappa shape index (κ1) is 23.0. The quantitative estimate of drug-likeness (QED) is 0.453. The van der Waals surface area contributed by atoms with E-state index in [0.29, 0.717) is 16.5 Å². The van der Waals surface area contributed by atoms with Crippen molar-refractivity contribution in [2.75, 3.05) is 11.1 Å². The smallest absolute Gasteiger partial charge is 0.252 e. The molecule has 2 aromatic carbocycles. The molecule has 0 atom stereocenters. The van der Waals surface area contributed by atoms with Gasteiger partial charge in [0, 0.05) is 17.2 Å². The Morgan fingerprint density at radius 2 is 1.90 bits per heavy atom. The summed E-state index contributed by atoms with van der Waals surface area (Å²) in [6, 6.07) is 13.2. The van der Waals surface area contributed by atoms with E-state index in [-0.39, 0.29) is 24.1 Å². The second kappa shape index (κ2) is 10.6. The summed E-state index contributed by atoms with van der Waals surface area (Å²) in [6.45, 7) is 4.29. The minimum absolute atomic E-state index is 0.0965. The van der Waals surface area contributed by atoms with Crippen LogP contribution in [0.2, 0.25) is 0 Å². The van der Waals surface area contributed by atoms with E-state index in [1.165, 1.54) is 11.8 Å². The zero-order chi connectivity index (χ0) is 22.4. The molecule has 1 aromatic heterocycles. The third kappa shape index (κ3) is 5.74. The van der Waals surface area contributed by atoms with Crippen molar-refractivity contribution < 1.29 is 9.59 Å². The van der Waals surface area contributed by atoms with Gasteiger partial charge in [-0.2, -0.15) is 0 Å². The standard InChI is InChI=1S/C22H24BrN5O2S/c1-4-15-9-7-8-14(2)20(15)25-19(29)13-31-22-27-26-18(28(22)3)12-24-21(30)16-10-5-6-11-17(16)23/h5-11H,4,12-13H2,1-3H3,(H,24,30)(H,25,29). The summed E-state index contributed by atoms with van der Waals surface area (Å²) >= 11 is 4.68. The monoisotopic (exact) mass is 501 g/mol. The molecule has 9 heteroatoms. The average molecular weight is 502 g/mol. The van der Waals surface area contributed by atoms with Crippen molar-refractivity contribution >= 4 is 45.2 Å². The van der Waals surface area contributed by atoms with Gasteiger partial charge >= 0.3 is 0 Å². The fraction of sp³-hybridized carbons (Fsp3) is 0.273. The van der Waals surface area contributed by atoms with E-state index >= 15 is 0 Å². The molecule has 0 saturated heterocycles. The zero-order valence-corrected chi connectivity index (χ0v) is 20.0. The number of aromatic nitrogens is 3. The van der Waals surface area contributed by atoms with Gasteiger partial charge in [0.05, 0.1) is 17.9 Å². The van der Waals surface area contributed by atoms with Crippen LogP contribution < -0.4 is 10.6 Å². The number of hydrogen-bond acceptors (Lipinski definition) is 5. The first-order valence-corrected chi connectivity index (χ1v) is 11.6. The maximum absolute atomic E-state index is 12.5. The van der Waals surface area contributed by atoms with Gasteiger partial charge in [-0.05, 0) is 52.5 Å². The van der Waals surface area contributed by atoms with Crippen LogP contribution in [0.3, 0.4) is 0 Å². The Morgan fingerprint density at radius 1 is 1.13 bits per heavy atom. The van der Waals surface area contributed by atoms with E-state index in [0.717, 1.165) is 27.7 Å². The van der Waals surface area contributed by atoms with Crippen molar-refractivity contribution in [3.8, 4) is 0 Å². The van der Waals surface area contributed by atoms with Crippen molar-refractivity contribution in [3.63, 3.8) is 0 Å². The van der Waals surface area contributed by atoms with E-state index < -0.39 is 0 Å². The molecule has 162 valence electrons. The lowest BCUT2D eigenvalue weighted by atomic mass is 10.1. The molecule has 0 saturated carbocycles. The zero-order valence-electron chi connectivity index (χ0n) is 17.6. The SMILES string of the molecule is CCc1cccc(C)c1NC(=O)CSc1nnc(CNC(=O)c2ccccc2Br)n1C. The molecule has 0 aliphatic carbocycles. The van der Waals surface area contributed by atoms with E-state index in [4.69, 9.17) is 0 Å². The molecule has 0 fully saturated rings. The Balaban J connectivity index is 1.56. The highest BCUT2D eigenvalue weighted by Crippen LogP contribution is 2.22. The Bertz CT molecular complexity index is 1100. The molecule has 1 heterocycles. The topological polar surface area (TPSA) is 88.9 Å². The molecule has 0 aliphatic heterocycles. The maximum atomic E-state index is 12.5. The highest BCUT2D eigenvalue weighted by molar-refractivity contribution is 9.10. The fourth-order valence-corrected chi connectivity index (χ4v) is 4.23. The summed E-state index contributed by atoms with van der Waals surface area (Å²) in [6.07, 6.45) is 0.850. The molecule has 0 radical (unpaired) electrons. The lowest BCUT2D eigenvalue weighted by Crippen LogP contribution is -2.24. The number of benzene rings is 2. The Kier molecular flexibility index (Phi) is 7.86. The number of carbonyl (C=O) groups excluding carboxylic acids is 2. The van der Waals surface area contributed by atoms with Gasteiger partial charge in [-0.3, -0.25) is 9.59 Å². The molecule has 0 spiro atoms. The number of aryl methyl sites for hydroxylation is 2. The molecule has 3 aromatic rings. The summed E-state index contributed by atoms with van der Waals surface area (Å²) in [5.41, 5.74) is 3.59. The largest absolute Gasteiger partial charge is 0.345 e. The van der Waals surface area contributed by atoms with Gasteiger partial charge in [0.2, 0.25) is 5.91 Å². The number of halogens is 1. The Labute approximate surface area is 194 Å². The normalized spacial score (nSPS) is 10.7. The number of anilines is 1. The summed E-state index contributed by atoms with van der Waals surface area (Å²) < 4.78 is 2.51. The van der Waals surface area contributed by atoms with Crippen LogP contribution in [0.15, 0.2) is 52.1 Å². The van der Waals surface area contributed by atoms with Crippen LogP contribution >= 0.6 is 27.7 Å². The summed E-state index contributed by atoms with van der Waals surface area (Å²) in [4.78, 5) is 24.8. The Hall–Kier alpha value is -2.65. The number of para-hydroxylation sites is 1. The van der Waals surface area contributed by atoms with Gasteiger partial charge < -0.3 is 15.2 Å². The molecule has 31 heavy (non-hydrogen) atoms. The van der Waals surface area contributed by atoms with Gasteiger partial charge in [0.15, 0.2) is 11.0 Å². The highest BCUT2D eigenvalue weighted by Gasteiger charge is 2.15. The average Bonchev–Trinajstić information content (AvgIpc) is 3.11. The number of rotatable bonds is 8. The number of nitrogens with zero attached hydrogens (tertiary/aromatic N) is 3. The molecule has 0 bridgehead atoms. The summed E-state index contributed by atoms with van der Waals surface area (Å²) in [7, 11) is 1.82. The molecule has 0 unspecified atom stereocenters. The number of carbonyl (C=O) groups is 2. The van der Waals surface area contributed by atoms with Crippen LogP contribution in [0.4, 0.5) is 5.69 Å². The lowest BCUT2D eigenvalue weighted by Gasteiger charge is -2.12. The molecule has 0 aliphatic rings. The van der Waals surface area contributed by atoms with Crippen molar-refractivity contribution in [2.24, 2.45) is 7.05 Å². The molecule has 2 amide bonds. The van der Waals surface area contributed by atoms with Crippen LogP contribution in [-0.4, -0.2) is 32.3 Å². The minimum Gasteiger partial charge on any atom is -0.345 e. The van der Waals surface area contributed by atoms with Gasteiger partial charge in [-0.25, -0.2) is 0 Å². The first-order valence-electron chi connectivity index (χ1n) is 9.82. The number of hydrogen-bond donors (Lipinski definition) is 2. The van der Waals surface area contributed by atoms with Gasteiger partial charge in [-0.1, -0.05) is 49.0 Å². The molecular weight excluding hydrogens is 478 g/mol. The number of thioether (sulfide) groups is 1. The van der Waals surface area contributed by atoms with Gasteiger partial charge in [0.1, 0.15) is 0 Å². The predicted octanol–water partition coefficient (Wildman–Crippen LogP) is 4.11. The predicted molar refractivity (Wildman–Crippen MR) is 126 cm³/mol. The van der Waals surface area contributed by atoms with E-state index in [1.807, 2.05) is 50.4 Å². The number of nitrogens with one attached hydrogen (secondary N) is 2. The fourth-order valence-electron chi connectivity index (χ4n) is 3.03. The van der Waals surface area contributed by atoms with Crippen LogP contribution in [0.1, 0.15) is 34.2 Å². The summed E-state index contributed by atoms with van der Waals surface area (Å²) in [5.74, 6) is 0.526. The van der Waals surface area contributed by atoms with Crippen molar-refractivity contribution in [2.45, 2.75) is 32.0 Å². The summed E-state index contributed by atoms with van der Waals surface area (Å²) in [5, 5.41) is 14.8. The van der Waals surface area contributed by atoms with Crippen LogP contribution in [0.25, 0.3) is 0 Å². The van der Waals surface area contributed by atoms with E-state index in [2.05, 4.69) is 43.7 Å². The number of amides is 2. The Morgan fingerprint density at radius 3 is 2.65 bits per heavy atom. The minimum atomic E-state index is -0.200. The van der Waals surface area contributed by atoms with Crippen molar-refractivity contribution in [1.82, 2.24) is 20.1 Å². The molecule has 2 N–H and O–H groups in total.